The quantitative estimate of drug-likeness (QED) is 0.385. The number of rotatable bonds is 7. The van der Waals surface area contributed by atoms with E-state index in [1.807, 2.05) is 30.3 Å². The average molecular weight is 378 g/mol. The zero-order valence-corrected chi connectivity index (χ0v) is 17.0. The van der Waals surface area contributed by atoms with Crippen molar-refractivity contribution in [3.8, 4) is 11.5 Å². The second-order valence-corrected chi connectivity index (χ2v) is 6.80. The fourth-order valence-electron chi connectivity index (χ4n) is 3.72. The molecule has 0 unspecified atom stereocenters. The van der Waals surface area contributed by atoms with Crippen molar-refractivity contribution in [1.82, 2.24) is 4.48 Å². The highest BCUT2D eigenvalue weighted by molar-refractivity contribution is 5.97. The van der Waals surface area contributed by atoms with Crippen LogP contribution in [-0.4, -0.2) is 31.9 Å². The summed E-state index contributed by atoms with van der Waals surface area (Å²) in [5, 5.41) is 21.2. The summed E-state index contributed by atoms with van der Waals surface area (Å²) in [6, 6.07) is 17.4. The summed E-state index contributed by atoms with van der Waals surface area (Å²) in [5.74, 6) is 0.760. The van der Waals surface area contributed by atoms with E-state index in [1.54, 1.807) is 13.2 Å². The van der Waals surface area contributed by atoms with E-state index in [0.717, 1.165) is 34.9 Å². The summed E-state index contributed by atoms with van der Waals surface area (Å²) in [4.78, 5) is 0. The number of hydrogen-bond donors (Lipinski definition) is 1. The normalized spacial score (nSPS) is 12.0. The van der Waals surface area contributed by atoms with Crippen LogP contribution in [0.3, 0.4) is 0 Å². The number of aromatic hydroxyl groups is 1. The number of ether oxygens (including phenoxy) is 1. The highest BCUT2D eigenvalue weighted by Crippen LogP contribution is 2.39. The molecule has 0 saturated carbocycles. The number of phenols is 1. The van der Waals surface area contributed by atoms with Crippen molar-refractivity contribution >= 4 is 27.8 Å². The Morgan fingerprint density at radius 3 is 2.25 bits per heavy atom. The second-order valence-electron chi connectivity index (χ2n) is 6.80. The number of fused-ring (bicyclic) bond motifs is 1. The molecule has 28 heavy (non-hydrogen) atoms. The minimum Gasteiger partial charge on any atom is -0.506 e. The number of azo groups is 1. The van der Waals surface area contributed by atoms with Crippen LogP contribution >= 0.6 is 0 Å². The van der Waals surface area contributed by atoms with Crippen LogP contribution in [0.5, 0.6) is 11.5 Å². The molecule has 0 bridgehead atoms. The van der Waals surface area contributed by atoms with Crippen molar-refractivity contribution in [3.63, 3.8) is 0 Å². The van der Waals surface area contributed by atoms with Gasteiger partial charge in [-0.2, -0.15) is 0 Å². The van der Waals surface area contributed by atoms with Crippen molar-refractivity contribution in [2.75, 3.05) is 26.7 Å². The molecule has 3 rings (SSSR count). The summed E-state index contributed by atoms with van der Waals surface area (Å²) < 4.78 is 6.22. The van der Waals surface area contributed by atoms with Crippen LogP contribution in [0.15, 0.2) is 64.8 Å². The Labute approximate surface area is 166 Å². The maximum absolute atomic E-state index is 10.5. The number of benzene rings is 3. The first-order valence-corrected chi connectivity index (χ1v) is 9.75. The average Bonchev–Trinajstić information content (AvgIpc) is 2.75. The molecule has 5 heteroatoms. The van der Waals surface area contributed by atoms with Crippen LogP contribution in [0.4, 0.5) is 17.1 Å². The first kappa shape index (κ1) is 19.8. The van der Waals surface area contributed by atoms with Crippen LogP contribution in [0.25, 0.3) is 10.8 Å². The first-order valence-electron chi connectivity index (χ1n) is 9.75. The Kier molecular flexibility index (Phi) is 5.95. The monoisotopic (exact) mass is 378 g/mol. The number of nitrogens with zero attached hydrogens (tertiary/aromatic N) is 3. The van der Waals surface area contributed by atoms with Gasteiger partial charge in [0, 0.05) is 11.5 Å². The topological polar surface area (TPSA) is 54.2 Å². The van der Waals surface area contributed by atoms with Crippen molar-refractivity contribution in [3.05, 3.63) is 54.6 Å². The first-order chi connectivity index (χ1) is 13.6. The number of para-hydroxylation sites is 1. The third-order valence-corrected chi connectivity index (χ3v) is 5.66. The van der Waals surface area contributed by atoms with Gasteiger partial charge in [-0.15, -0.1) is 10.2 Å². The summed E-state index contributed by atoms with van der Waals surface area (Å²) in [6.07, 6.45) is 0. The van der Waals surface area contributed by atoms with Gasteiger partial charge in [0.2, 0.25) is 0 Å². The molecule has 0 saturated heterocycles. The van der Waals surface area contributed by atoms with Gasteiger partial charge in [0.15, 0.2) is 0 Å². The molecule has 0 spiro atoms. The van der Waals surface area contributed by atoms with Crippen molar-refractivity contribution in [1.29, 1.82) is 0 Å². The summed E-state index contributed by atoms with van der Waals surface area (Å²) >= 11 is 0. The lowest BCUT2D eigenvalue weighted by Gasteiger charge is -2.35. The standard InChI is InChI=1S/C23H27N3O2/c1-5-26(6-2,7-3)18-14-12-17-13-15-21(27)23(19(17)16-18)25-24-20-10-8-9-11-22(20)28-4/h8-16H,5-7H2,1-4H3/p+1. The van der Waals surface area contributed by atoms with Gasteiger partial charge in [0.25, 0.3) is 0 Å². The minimum absolute atomic E-state index is 0.117. The van der Waals surface area contributed by atoms with Crippen LogP contribution in [0.2, 0.25) is 0 Å². The predicted octanol–water partition coefficient (Wildman–Crippen LogP) is 6.34. The molecule has 0 fully saturated rings. The van der Waals surface area contributed by atoms with Crippen LogP contribution in [0.1, 0.15) is 20.8 Å². The number of methoxy groups -OCH3 is 1. The highest BCUT2D eigenvalue weighted by atomic mass is 16.5. The molecule has 3 aromatic carbocycles. The molecule has 146 valence electrons. The Hall–Kier alpha value is -2.92. The van der Waals surface area contributed by atoms with E-state index in [2.05, 4.69) is 49.2 Å². The third kappa shape index (κ3) is 3.58. The van der Waals surface area contributed by atoms with Gasteiger partial charge in [-0.05, 0) is 56.5 Å². The minimum atomic E-state index is 0.117. The maximum atomic E-state index is 10.5. The molecular weight excluding hydrogens is 350 g/mol. The van der Waals surface area contributed by atoms with Gasteiger partial charge in [-0.25, -0.2) is 0 Å². The van der Waals surface area contributed by atoms with E-state index in [0.29, 0.717) is 17.1 Å². The third-order valence-electron chi connectivity index (χ3n) is 5.66. The summed E-state index contributed by atoms with van der Waals surface area (Å²) in [5.41, 5.74) is 2.32. The lowest BCUT2D eigenvalue weighted by molar-refractivity contribution is 0.316. The van der Waals surface area contributed by atoms with E-state index in [9.17, 15) is 5.11 Å². The zero-order valence-electron chi connectivity index (χ0n) is 17.0. The second kappa shape index (κ2) is 8.40. The van der Waals surface area contributed by atoms with Gasteiger partial charge in [0.1, 0.15) is 28.6 Å². The summed E-state index contributed by atoms with van der Waals surface area (Å²) in [7, 11) is 1.60. The van der Waals surface area contributed by atoms with Gasteiger partial charge in [-0.3, -0.25) is 4.48 Å². The summed E-state index contributed by atoms with van der Waals surface area (Å²) in [6.45, 7) is 9.66. The van der Waals surface area contributed by atoms with E-state index < -0.39 is 0 Å². The largest absolute Gasteiger partial charge is 0.506 e. The smallest absolute Gasteiger partial charge is 0.146 e. The number of hydrogen-bond acceptors (Lipinski definition) is 4. The lowest BCUT2D eigenvalue weighted by atomic mass is 10.1. The van der Waals surface area contributed by atoms with Crippen molar-refractivity contribution in [2.24, 2.45) is 10.2 Å². The van der Waals surface area contributed by atoms with Gasteiger partial charge in [0.05, 0.1) is 26.7 Å². The molecule has 0 atom stereocenters. The Morgan fingerprint density at radius 2 is 1.57 bits per heavy atom. The highest BCUT2D eigenvalue weighted by Gasteiger charge is 2.25. The predicted molar refractivity (Wildman–Crippen MR) is 116 cm³/mol. The molecule has 0 heterocycles. The van der Waals surface area contributed by atoms with Crippen molar-refractivity contribution in [2.45, 2.75) is 20.8 Å². The van der Waals surface area contributed by atoms with E-state index in [1.165, 1.54) is 5.69 Å². The number of phenolic OH excluding ortho intramolecular Hbond substituents is 1. The Morgan fingerprint density at radius 1 is 0.893 bits per heavy atom. The molecule has 1 N–H and O–H groups in total. The molecule has 3 aromatic rings. The number of quaternary nitrogens is 1. The lowest BCUT2D eigenvalue weighted by Crippen LogP contribution is -2.48. The molecule has 0 aliphatic rings. The SMILES string of the molecule is CC[N+](CC)(CC)c1ccc2ccc(O)c(N=Nc3ccccc3OC)c2c1. The molecule has 5 nitrogen and oxygen atoms in total. The fraction of sp³-hybridized carbons (Fsp3) is 0.304. The van der Waals surface area contributed by atoms with Gasteiger partial charge >= 0.3 is 0 Å². The van der Waals surface area contributed by atoms with E-state index in [-0.39, 0.29) is 5.75 Å². The molecular formula is C23H28N3O2+. The Bertz CT molecular complexity index is 986. The van der Waals surface area contributed by atoms with Crippen molar-refractivity contribution < 1.29 is 9.84 Å². The molecule has 0 aliphatic carbocycles. The van der Waals surface area contributed by atoms with E-state index in [4.69, 9.17) is 4.74 Å². The molecule has 0 aromatic heterocycles. The fourth-order valence-corrected chi connectivity index (χ4v) is 3.72. The molecule has 0 aliphatic heterocycles. The maximum Gasteiger partial charge on any atom is 0.146 e. The zero-order chi connectivity index (χ0) is 20.1. The molecule has 0 radical (unpaired) electrons. The van der Waals surface area contributed by atoms with Gasteiger partial charge in [-0.1, -0.05) is 18.2 Å². The molecule has 0 amide bonds. The van der Waals surface area contributed by atoms with Crippen LogP contribution < -0.4 is 9.22 Å². The van der Waals surface area contributed by atoms with Crippen LogP contribution in [-0.2, 0) is 0 Å². The van der Waals surface area contributed by atoms with E-state index >= 15 is 0 Å². The van der Waals surface area contributed by atoms with Crippen LogP contribution in [0, 0.1) is 0 Å². The Balaban J connectivity index is 2.15. The van der Waals surface area contributed by atoms with Gasteiger partial charge < -0.3 is 9.84 Å².